The first-order valence-corrected chi connectivity index (χ1v) is 14.0. The van der Waals surface area contributed by atoms with Gasteiger partial charge < -0.3 is 24.5 Å². The topological polar surface area (TPSA) is 85.6 Å². The third kappa shape index (κ3) is 6.17. The molecule has 12 heteroatoms. The lowest BCUT2D eigenvalue weighted by Crippen LogP contribution is -2.32. The van der Waals surface area contributed by atoms with Crippen molar-refractivity contribution < 1.29 is 41.3 Å². The van der Waals surface area contributed by atoms with Crippen LogP contribution in [0.3, 0.4) is 0 Å². The molecule has 232 valence electrons. The fourth-order valence-electron chi connectivity index (χ4n) is 5.28. The van der Waals surface area contributed by atoms with Gasteiger partial charge in [-0.25, -0.2) is 26.9 Å². The van der Waals surface area contributed by atoms with Gasteiger partial charge in [-0.2, -0.15) is 0 Å². The number of carbonyl (C=O) groups is 1. The average molecular weight is 624 g/mol. The van der Waals surface area contributed by atoms with Crippen LogP contribution in [0.15, 0.2) is 79.1 Å². The maximum absolute atomic E-state index is 14.0. The number of benzene rings is 4. The number of nitrogens with one attached hydrogen (secondary N) is 1. The highest BCUT2D eigenvalue weighted by Crippen LogP contribution is 2.38. The summed E-state index contributed by atoms with van der Waals surface area (Å²) in [5.41, 5.74) is 3.10. The van der Waals surface area contributed by atoms with Crippen molar-refractivity contribution in [1.29, 1.82) is 0 Å². The molecule has 2 N–H and O–H groups in total. The highest BCUT2D eigenvalue weighted by Gasteiger charge is 2.33. The number of aliphatic hydroxyl groups is 1. The molecule has 45 heavy (non-hydrogen) atoms. The van der Waals surface area contributed by atoms with Crippen LogP contribution in [0.4, 0.5) is 22.0 Å². The molecule has 1 amide bonds. The van der Waals surface area contributed by atoms with Crippen LogP contribution in [-0.2, 0) is 29.2 Å². The minimum atomic E-state index is -2.34. The van der Waals surface area contributed by atoms with E-state index in [-0.39, 0.29) is 25.4 Å². The first-order chi connectivity index (χ1) is 21.7. The number of hydrogen-bond donors (Lipinski definition) is 2. The van der Waals surface area contributed by atoms with Crippen molar-refractivity contribution in [3.8, 4) is 0 Å². The Kier molecular flexibility index (Phi) is 8.61. The minimum Gasteiger partial charge on any atom is -0.392 e. The summed E-state index contributed by atoms with van der Waals surface area (Å²) < 4.78 is 83.2. The maximum Gasteiger partial charge on any atom is 0.257 e. The number of fused-ring (bicyclic) bond motifs is 1. The Morgan fingerprint density at radius 3 is 2.13 bits per heavy atom. The molecule has 1 fully saturated rings. The van der Waals surface area contributed by atoms with E-state index in [1.165, 1.54) is 0 Å². The van der Waals surface area contributed by atoms with Gasteiger partial charge in [0.1, 0.15) is 5.56 Å². The summed E-state index contributed by atoms with van der Waals surface area (Å²) in [6.45, 7) is 0.177. The Morgan fingerprint density at radius 1 is 0.822 bits per heavy atom. The molecule has 0 bridgehead atoms. The van der Waals surface area contributed by atoms with Crippen LogP contribution in [0.25, 0.3) is 11.0 Å². The third-order valence-corrected chi connectivity index (χ3v) is 7.68. The zero-order valence-electron chi connectivity index (χ0n) is 23.5. The molecule has 0 aliphatic carbocycles. The molecule has 0 saturated carbocycles. The number of aromatic nitrogens is 2. The Bertz CT molecular complexity index is 1820. The zero-order chi connectivity index (χ0) is 31.7. The molecule has 2 heterocycles. The van der Waals surface area contributed by atoms with Crippen molar-refractivity contribution in [3.05, 3.63) is 136 Å². The fourth-order valence-corrected chi connectivity index (χ4v) is 5.28. The van der Waals surface area contributed by atoms with E-state index < -0.39 is 46.8 Å². The fraction of sp³-hybridized carbons (Fsp3) is 0.212. The van der Waals surface area contributed by atoms with Crippen molar-refractivity contribution in [3.63, 3.8) is 0 Å². The van der Waals surface area contributed by atoms with E-state index in [1.54, 1.807) is 30.6 Å². The molecule has 1 aromatic heterocycles. The molecule has 0 unspecified atom stereocenters. The van der Waals surface area contributed by atoms with Crippen molar-refractivity contribution in [2.24, 2.45) is 0 Å². The molecule has 0 spiro atoms. The van der Waals surface area contributed by atoms with Gasteiger partial charge in [-0.1, -0.05) is 60.7 Å². The van der Waals surface area contributed by atoms with Gasteiger partial charge in [0, 0.05) is 18.5 Å². The summed E-state index contributed by atoms with van der Waals surface area (Å²) >= 11 is 0. The predicted molar refractivity (Wildman–Crippen MR) is 152 cm³/mol. The molecule has 4 aromatic carbocycles. The Labute approximate surface area is 253 Å². The molecule has 1 saturated heterocycles. The SMILES string of the molecule is O=C(NCc1ccc([C@H]2O[C@@H](Cn3cnc4ccccc43)C[C@@H](c3ccc(CO)cc3)O2)cc1)c1c(F)c(F)c(F)c(F)c1F. The van der Waals surface area contributed by atoms with Gasteiger partial charge in [-0.05, 0) is 28.8 Å². The van der Waals surface area contributed by atoms with Crippen LogP contribution in [0.5, 0.6) is 0 Å². The lowest BCUT2D eigenvalue weighted by molar-refractivity contribution is -0.252. The van der Waals surface area contributed by atoms with E-state index in [2.05, 4.69) is 10.3 Å². The number of rotatable bonds is 8. The van der Waals surface area contributed by atoms with Crippen LogP contribution in [0, 0.1) is 29.1 Å². The molecule has 7 nitrogen and oxygen atoms in total. The maximum atomic E-state index is 14.0. The molecular formula is C33H26F5N3O4. The summed E-state index contributed by atoms with van der Waals surface area (Å²) in [7, 11) is 0. The summed E-state index contributed by atoms with van der Waals surface area (Å²) in [4.78, 5) is 16.8. The quantitative estimate of drug-likeness (QED) is 0.119. The van der Waals surface area contributed by atoms with Crippen LogP contribution in [-0.4, -0.2) is 26.7 Å². The first kappa shape index (κ1) is 30.4. The number of amides is 1. The number of ether oxygens (including phenoxy) is 2. The van der Waals surface area contributed by atoms with Gasteiger partial charge in [0.2, 0.25) is 5.82 Å². The van der Waals surface area contributed by atoms with E-state index >= 15 is 0 Å². The number of halogens is 5. The number of para-hydroxylation sites is 2. The van der Waals surface area contributed by atoms with E-state index in [9.17, 15) is 31.9 Å². The van der Waals surface area contributed by atoms with Crippen LogP contribution < -0.4 is 5.32 Å². The van der Waals surface area contributed by atoms with Crippen molar-refractivity contribution >= 4 is 16.9 Å². The number of nitrogens with zero attached hydrogens (tertiary/aromatic N) is 2. The molecule has 5 aromatic rings. The van der Waals surface area contributed by atoms with Crippen LogP contribution in [0.1, 0.15) is 51.4 Å². The smallest absolute Gasteiger partial charge is 0.257 e. The molecular weight excluding hydrogens is 597 g/mol. The lowest BCUT2D eigenvalue weighted by Gasteiger charge is -2.36. The molecule has 1 aliphatic rings. The second-order valence-electron chi connectivity index (χ2n) is 10.6. The van der Waals surface area contributed by atoms with Gasteiger partial charge in [0.15, 0.2) is 29.6 Å². The standard InChI is InChI=1S/C33H26F5N3O4/c34-27-26(28(35)30(37)31(38)29(27)36)32(43)39-14-18-5-11-21(12-6-18)33-44-22(15-41-17-40-23-3-1-2-4-24(23)41)13-25(45-33)20-9-7-19(16-42)8-10-20/h1-12,17,22,25,33,42H,13-16H2,(H,39,43)/t22-,25+,33+/m1/s1. The van der Waals surface area contributed by atoms with Crippen molar-refractivity contribution in [2.75, 3.05) is 0 Å². The number of hydrogen-bond acceptors (Lipinski definition) is 5. The largest absolute Gasteiger partial charge is 0.392 e. The van der Waals surface area contributed by atoms with Crippen molar-refractivity contribution in [1.82, 2.24) is 14.9 Å². The van der Waals surface area contributed by atoms with E-state index in [0.29, 0.717) is 24.1 Å². The predicted octanol–water partition coefficient (Wildman–Crippen LogP) is 6.40. The minimum absolute atomic E-state index is 0.0811. The number of carbonyl (C=O) groups excluding carboxylic acids is 1. The molecule has 3 atom stereocenters. The summed E-state index contributed by atoms with van der Waals surface area (Å²) in [6, 6.07) is 21.9. The second-order valence-corrected chi connectivity index (χ2v) is 10.6. The monoisotopic (exact) mass is 623 g/mol. The highest BCUT2D eigenvalue weighted by atomic mass is 19.2. The number of imidazole rings is 1. The van der Waals surface area contributed by atoms with Crippen LogP contribution in [0.2, 0.25) is 0 Å². The summed E-state index contributed by atoms with van der Waals surface area (Å²) in [6.07, 6.45) is 0.918. The molecule has 1 aliphatic heterocycles. The van der Waals surface area contributed by atoms with Gasteiger partial charge >= 0.3 is 0 Å². The van der Waals surface area contributed by atoms with Gasteiger partial charge in [0.05, 0.1) is 42.7 Å². The number of aliphatic hydroxyl groups excluding tert-OH is 1. The van der Waals surface area contributed by atoms with Gasteiger partial charge in [-0.3, -0.25) is 4.79 Å². The first-order valence-electron chi connectivity index (χ1n) is 14.0. The Balaban J connectivity index is 1.19. The molecule has 0 radical (unpaired) electrons. The third-order valence-electron chi connectivity index (χ3n) is 7.68. The summed E-state index contributed by atoms with van der Waals surface area (Å²) in [5.74, 6) is -12.6. The highest BCUT2D eigenvalue weighted by molar-refractivity contribution is 5.94. The van der Waals surface area contributed by atoms with E-state index in [1.807, 2.05) is 53.1 Å². The van der Waals surface area contributed by atoms with Crippen molar-refractivity contribution in [2.45, 2.75) is 44.6 Å². The second kappa shape index (κ2) is 12.8. The van der Waals surface area contributed by atoms with E-state index in [4.69, 9.17) is 9.47 Å². The van der Waals surface area contributed by atoms with Crippen LogP contribution >= 0.6 is 0 Å². The van der Waals surface area contributed by atoms with Gasteiger partial charge in [-0.15, -0.1) is 0 Å². The van der Waals surface area contributed by atoms with E-state index in [0.717, 1.165) is 22.2 Å². The normalized spacial score (nSPS) is 18.3. The van der Waals surface area contributed by atoms with Gasteiger partial charge in [0.25, 0.3) is 5.91 Å². The lowest BCUT2D eigenvalue weighted by atomic mass is 9.99. The average Bonchev–Trinajstić information content (AvgIpc) is 3.48. The molecule has 6 rings (SSSR count). The zero-order valence-corrected chi connectivity index (χ0v) is 23.5. The summed E-state index contributed by atoms with van der Waals surface area (Å²) in [5, 5.41) is 11.6. The Hall–Kier alpha value is -4.65. The Morgan fingerprint density at radius 2 is 1.44 bits per heavy atom.